The second-order valence-electron chi connectivity index (χ2n) is 1.99. The van der Waals surface area contributed by atoms with E-state index in [9.17, 15) is 14.5 Å². The molecule has 1 atom stereocenters. The summed E-state index contributed by atoms with van der Waals surface area (Å²) in [6.07, 6.45) is 2.92. The van der Waals surface area contributed by atoms with Crippen molar-refractivity contribution in [3.8, 4) is 0 Å². The molecule has 1 aliphatic rings. The molecular formula is C5H5FN2O2S. The van der Waals surface area contributed by atoms with Gasteiger partial charge in [-0.05, 0) is 6.08 Å². The van der Waals surface area contributed by atoms with Gasteiger partial charge >= 0.3 is 4.99 Å². The van der Waals surface area contributed by atoms with Crippen molar-refractivity contribution in [3.05, 3.63) is 34.3 Å². The lowest BCUT2D eigenvalue weighted by Gasteiger charge is -2.17. The maximum Gasteiger partial charge on any atom is 0.358 e. The van der Waals surface area contributed by atoms with E-state index in [-0.39, 0.29) is 0 Å². The van der Waals surface area contributed by atoms with E-state index in [2.05, 4.69) is 17.9 Å². The molecule has 1 heterocycles. The lowest BCUT2D eigenvalue weighted by Crippen LogP contribution is -2.43. The first-order chi connectivity index (χ1) is 5.04. The third-order valence-electron chi connectivity index (χ3n) is 1.18. The van der Waals surface area contributed by atoms with Crippen molar-refractivity contribution < 1.29 is 9.31 Å². The minimum atomic E-state index is -1.67. The van der Waals surface area contributed by atoms with Crippen LogP contribution in [0.2, 0.25) is 0 Å². The summed E-state index contributed by atoms with van der Waals surface area (Å²) in [5.74, 6) is -0.559. The molecule has 0 aromatic carbocycles. The van der Waals surface area contributed by atoms with Crippen LogP contribution < -0.4 is 5.32 Å². The fourth-order valence-electron chi connectivity index (χ4n) is 0.581. The molecule has 0 bridgehead atoms. The number of nitrogens with zero attached hydrogens (tertiary/aromatic N) is 1. The third-order valence-corrected chi connectivity index (χ3v) is 1.62. The first-order valence-corrected chi connectivity index (χ1v) is 3.19. The summed E-state index contributed by atoms with van der Waals surface area (Å²) >= 11 is 3.68. The molecule has 0 saturated heterocycles. The summed E-state index contributed by atoms with van der Waals surface area (Å²) < 4.78 is 12.2. The zero-order valence-electron chi connectivity index (χ0n) is 5.32. The predicted molar refractivity (Wildman–Crippen MR) is 40.2 cm³/mol. The Morgan fingerprint density at radius 1 is 1.82 bits per heavy atom. The molecule has 0 aromatic rings. The summed E-state index contributed by atoms with van der Waals surface area (Å²) in [5.41, 5.74) is 0. The monoisotopic (exact) mass is 176 g/mol. The highest BCUT2D eigenvalue weighted by Gasteiger charge is 2.35. The molecule has 1 unspecified atom stereocenters. The van der Waals surface area contributed by atoms with Gasteiger partial charge in [0.15, 0.2) is 0 Å². The van der Waals surface area contributed by atoms with Crippen LogP contribution in [0.15, 0.2) is 24.2 Å². The summed E-state index contributed by atoms with van der Waals surface area (Å²) in [4.78, 5) is 7.92. The first-order valence-electron chi connectivity index (χ1n) is 2.74. The van der Waals surface area contributed by atoms with Crippen molar-refractivity contribution in [1.82, 2.24) is 5.32 Å². The summed E-state index contributed by atoms with van der Waals surface area (Å²) in [6.45, 7) is 0. The molecule has 1 N–H and O–H groups in total. The number of nitrogens with one attached hydrogen (secondary N) is 1. The highest BCUT2D eigenvalue weighted by atomic mass is 32.1. The Morgan fingerprint density at radius 3 is 2.82 bits per heavy atom. The lowest BCUT2D eigenvalue weighted by atomic mass is 10.3. The number of hydrogen-bond acceptors (Lipinski definition) is 4. The number of thiol groups is 1. The molecule has 1 rings (SSSR count). The van der Waals surface area contributed by atoms with Crippen molar-refractivity contribution in [3.63, 3.8) is 0 Å². The summed E-state index contributed by atoms with van der Waals surface area (Å²) in [7, 11) is 0. The number of hydrogen-bond donors (Lipinski definition) is 2. The normalized spacial score (nSPS) is 29.1. The Labute approximate surface area is 67.3 Å². The number of nitro groups is 1. The molecular weight excluding hydrogens is 171 g/mol. The Kier molecular flexibility index (Phi) is 1.86. The molecule has 0 spiro atoms. The Balaban J connectivity index is 2.82. The van der Waals surface area contributed by atoms with Crippen molar-refractivity contribution in [1.29, 1.82) is 0 Å². The Bertz CT molecular complexity index is 253. The number of halogens is 1. The zero-order chi connectivity index (χ0) is 8.48. The highest BCUT2D eigenvalue weighted by molar-refractivity contribution is 7.81. The van der Waals surface area contributed by atoms with Crippen molar-refractivity contribution in [2.45, 2.75) is 4.99 Å². The summed E-state index contributed by atoms with van der Waals surface area (Å²) in [6, 6.07) is 0. The van der Waals surface area contributed by atoms with Gasteiger partial charge in [-0.3, -0.25) is 10.1 Å². The smallest absolute Gasteiger partial charge is 0.312 e. The fourth-order valence-corrected chi connectivity index (χ4v) is 0.720. The van der Waals surface area contributed by atoms with E-state index in [1.54, 1.807) is 0 Å². The molecule has 11 heavy (non-hydrogen) atoms. The average Bonchev–Trinajstić information content (AvgIpc) is 1.95. The van der Waals surface area contributed by atoms with Crippen LogP contribution in [0.1, 0.15) is 0 Å². The number of allylic oxidation sites excluding steroid dienone is 2. The van der Waals surface area contributed by atoms with Crippen molar-refractivity contribution in [2.75, 3.05) is 0 Å². The molecule has 6 heteroatoms. The van der Waals surface area contributed by atoms with Crippen LogP contribution in [0.25, 0.3) is 0 Å². The van der Waals surface area contributed by atoms with Crippen LogP contribution in [-0.2, 0) is 0 Å². The molecule has 0 saturated carbocycles. The molecule has 0 fully saturated rings. The van der Waals surface area contributed by atoms with Gasteiger partial charge < -0.3 is 5.32 Å². The maximum atomic E-state index is 12.2. The standard InChI is InChI=1S/C5H5FN2O2S/c6-4-1-2-5(11,7-3-4)8(9)10/h1-3,7,11H. The van der Waals surface area contributed by atoms with E-state index in [1.165, 1.54) is 0 Å². The van der Waals surface area contributed by atoms with Crippen molar-refractivity contribution in [2.24, 2.45) is 0 Å². The first kappa shape index (κ1) is 8.06. The van der Waals surface area contributed by atoms with Crippen LogP contribution in [0.5, 0.6) is 0 Å². The van der Waals surface area contributed by atoms with Gasteiger partial charge in [-0.1, -0.05) is 12.6 Å². The van der Waals surface area contributed by atoms with Gasteiger partial charge in [0.2, 0.25) is 0 Å². The Hall–Kier alpha value is -1.04. The summed E-state index contributed by atoms with van der Waals surface area (Å²) in [5, 5.41) is 12.4. The van der Waals surface area contributed by atoms with Crippen LogP contribution in [0, 0.1) is 10.1 Å². The minimum absolute atomic E-state index is 0.559. The molecule has 0 radical (unpaired) electrons. The molecule has 0 aliphatic carbocycles. The fraction of sp³-hybridized carbons (Fsp3) is 0.200. The van der Waals surface area contributed by atoms with Gasteiger partial charge in [-0.25, -0.2) is 4.39 Å². The van der Waals surface area contributed by atoms with Gasteiger partial charge in [0.25, 0.3) is 0 Å². The van der Waals surface area contributed by atoms with E-state index in [0.717, 1.165) is 18.4 Å². The van der Waals surface area contributed by atoms with Crippen LogP contribution >= 0.6 is 12.6 Å². The quantitative estimate of drug-likeness (QED) is 0.269. The lowest BCUT2D eigenvalue weighted by molar-refractivity contribution is -0.529. The zero-order valence-corrected chi connectivity index (χ0v) is 6.22. The maximum absolute atomic E-state index is 12.2. The molecule has 0 amide bonds. The van der Waals surface area contributed by atoms with E-state index in [0.29, 0.717) is 0 Å². The highest BCUT2D eigenvalue weighted by Crippen LogP contribution is 2.18. The van der Waals surface area contributed by atoms with Gasteiger partial charge in [0.05, 0.1) is 4.92 Å². The van der Waals surface area contributed by atoms with Crippen LogP contribution in [0.3, 0.4) is 0 Å². The molecule has 4 nitrogen and oxygen atoms in total. The Morgan fingerprint density at radius 2 is 2.45 bits per heavy atom. The molecule has 0 aromatic heterocycles. The second-order valence-corrected chi connectivity index (χ2v) is 2.67. The van der Waals surface area contributed by atoms with E-state index in [1.807, 2.05) is 0 Å². The number of rotatable bonds is 1. The van der Waals surface area contributed by atoms with E-state index >= 15 is 0 Å². The van der Waals surface area contributed by atoms with Gasteiger partial charge in [0, 0.05) is 12.3 Å². The largest absolute Gasteiger partial charge is 0.358 e. The van der Waals surface area contributed by atoms with Gasteiger partial charge in [-0.2, -0.15) is 0 Å². The third kappa shape index (κ3) is 1.51. The van der Waals surface area contributed by atoms with Crippen molar-refractivity contribution >= 4 is 12.6 Å². The van der Waals surface area contributed by atoms with Gasteiger partial charge in [-0.15, -0.1) is 0 Å². The molecule has 1 aliphatic heterocycles. The number of dihydropyridines is 1. The van der Waals surface area contributed by atoms with Crippen LogP contribution in [-0.4, -0.2) is 9.92 Å². The van der Waals surface area contributed by atoms with E-state index in [4.69, 9.17) is 0 Å². The minimum Gasteiger partial charge on any atom is -0.312 e. The molecule has 60 valence electrons. The second kappa shape index (κ2) is 2.54. The topological polar surface area (TPSA) is 55.2 Å². The van der Waals surface area contributed by atoms with Crippen LogP contribution in [0.4, 0.5) is 4.39 Å². The van der Waals surface area contributed by atoms with E-state index < -0.39 is 15.7 Å². The average molecular weight is 176 g/mol. The SMILES string of the molecule is O=[N+]([O-])C1(S)C=CC(F)=CN1. The van der Waals surface area contributed by atoms with Gasteiger partial charge in [0.1, 0.15) is 5.83 Å². The predicted octanol–water partition coefficient (Wildman–Crippen LogP) is 0.817.